The smallest absolute Gasteiger partial charge is 0.168 e. The van der Waals surface area contributed by atoms with Crippen molar-refractivity contribution in [3.63, 3.8) is 0 Å². The summed E-state index contributed by atoms with van der Waals surface area (Å²) in [7, 11) is 0. The Morgan fingerprint density at radius 2 is 1.85 bits per heavy atom. The summed E-state index contributed by atoms with van der Waals surface area (Å²) in [4.78, 5) is 14.2. The van der Waals surface area contributed by atoms with E-state index in [0.29, 0.717) is 22.2 Å². The predicted octanol–water partition coefficient (Wildman–Crippen LogP) is 4.58. The molecular formula is C15H8ClF2NO. The predicted molar refractivity (Wildman–Crippen MR) is 74.0 cm³/mol. The van der Waals surface area contributed by atoms with Gasteiger partial charge in [0.15, 0.2) is 17.9 Å². The van der Waals surface area contributed by atoms with Crippen LogP contribution in [0.5, 0.6) is 0 Å². The van der Waals surface area contributed by atoms with Gasteiger partial charge in [0, 0.05) is 16.5 Å². The number of aromatic amines is 1. The summed E-state index contributed by atoms with van der Waals surface area (Å²) in [5.41, 5.74) is 1.00. The molecule has 0 amide bonds. The average molecular weight is 292 g/mol. The summed E-state index contributed by atoms with van der Waals surface area (Å²) in [6.45, 7) is 0. The number of para-hydroxylation sites is 1. The third-order valence-electron chi connectivity index (χ3n) is 3.16. The summed E-state index contributed by atoms with van der Waals surface area (Å²) in [6.07, 6.45) is 0.606. The molecule has 0 saturated carbocycles. The number of nitrogens with one attached hydrogen (secondary N) is 1. The van der Waals surface area contributed by atoms with Crippen LogP contribution in [-0.2, 0) is 0 Å². The van der Waals surface area contributed by atoms with Crippen LogP contribution in [0.4, 0.5) is 8.78 Å². The normalized spacial score (nSPS) is 10.9. The first-order chi connectivity index (χ1) is 9.63. The Kier molecular flexibility index (Phi) is 3.03. The van der Waals surface area contributed by atoms with Crippen molar-refractivity contribution < 1.29 is 13.6 Å². The van der Waals surface area contributed by atoms with Gasteiger partial charge in [-0.05, 0) is 18.2 Å². The molecule has 1 N–H and O–H groups in total. The molecule has 3 aromatic rings. The van der Waals surface area contributed by atoms with Crippen LogP contribution in [0.3, 0.4) is 0 Å². The minimum Gasteiger partial charge on any atom is -0.353 e. The number of hydrogen-bond donors (Lipinski definition) is 1. The van der Waals surface area contributed by atoms with Gasteiger partial charge < -0.3 is 4.98 Å². The number of rotatable bonds is 2. The molecule has 100 valence electrons. The van der Waals surface area contributed by atoms with Crippen molar-refractivity contribution in [3.05, 3.63) is 58.6 Å². The van der Waals surface area contributed by atoms with Crippen molar-refractivity contribution in [3.8, 4) is 11.3 Å². The van der Waals surface area contributed by atoms with Gasteiger partial charge in [0.25, 0.3) is 0 Å². The highest BCUT2D eigenvalue weighted by Crippen LogP contribution is 2.34. The summed E-state index contributed by atoms with van der Waals surface area (Å²) in [5.74, 6) is -1.97. The van der Waals surface area contributed by atoms with E-state index in [1.807, 2.05) is 0 Å². The molecule has 1 heterocycles. The Hall–Kier alpha value is -2.20. The van der Waals surface area contributed by atoms with E-state index in [0.717, 1.165) is 6.07 Å². The third-order valence-corrected chi connectivity index (χ3v) is 3.48. The Morgan fingerprint density at radius 3 is 2.60 bits per heavy atom. The first-order valence-electron chi connectivity index (χ1n) is 5.83. The quantitative estimate of drug-likeness (QED) is 0.689. The molecule has 0 aliphatic heterocycles. The van der Waals surface area contributed by atoms with Crippen LogP contribution >= 0.6 is 11.6 Å². The number of benzene rings is 2. The van der Waals surface area contributed by atoms with Crippen LogP contribution in [-0.4, -0.2) is 11.3 Å². The van der Waals surface area contributed by atoms with Gasteiger partial charge in [-0.1, -0.05) is 29.8 Å². The second-order valence-corrected chi connectivity index (χ2v) is 4.70. The molecule has 2 aromatic carbocycles. The molecule has 0 radical (unpaired) electrons. The number of aldehydes is 1. The second-order valence-electron chi connectivity index (χ2n) is 4.30. The largest absolute Gasteiger partial charge is 0.353 e. The maximum atomic E-state index is 13.9. The Bertz CT molecular complexity index is 826. The van der Waals surface area contributed by atoms with Crippen molar-refractivity contribution in [2.75, 3.05) is 0 Å². The zero-order valence-corrected chi connectivity index (χ0v) is 10.8. The first kappa shape index (κ1) is 12.8. The second kappa shape index (κ2) is 4.72. The van der Waals surface area contributed by atoms with Crippen LogP contribution in [0.1, 0.15) is 10.4 Å². The van der Waals surface area contributed by atoms with Crippen molar-refractivity contribution >= 4 is 28.8 Å². The molecule has 1 aromatic heterocycles. The summed E-state index contributed by atoms with van der Waals surface area (Å²) in [6, 6.07) is 8.86. The Balaban J connectivity index is 2.39. The van der Waals surface area contributed by atoms with E-state index in [-0.39, 0.29) is 16.8 Å². The molecule has 0 atom stereocenters. The minimum absolute atomic E-state index is 0.000586. The molecule has 5 heteroatoms. The fourth-order valence-corrected chi connectivity index (χ4v) is 2.46. The van der Waals surface area contributed by atoms with Crippen LogP contribution in [0, 0.1) is 11.6 Å². The standard InChI is InChI=1S/C15H8ClF2NO/c16-11-5-1-3-8-10(7-20)14(19-15(8)11)9-4-2-6-12(17)13(9)18/h1-7,19H. The van der Waals surface area contributed by atoms with Gasteiger partial charge in [-0.3, -0.25) is 4.79 Å². The number of halogens is 3. The number of carbonyl (C=O) groups excluding carboxylic acids is 1. The maximum absolute atomic E-state index is 13.9. The number of carbonyl (C=O) groups is 1. The van der Waals surface area contributed by atoms with E-state index in [9.17, 15) is 13.6 Å². The molecule has 3 rings (SSSR count). The average Bonchev–Trinajstić information content (AvgIpc) is 2.81. The number of fused-ring (bicyclic) bond motifs is 1. The van der Waals surface area contributed by atoms with E-state index in [1.165, 1.54) is 12.1 Å². The summed E-state index contributed by atoms with van der Waals surface area (Å²) in [5, 5.41) is 0.986. The monoisotopic (exact) mass is 291 g/mol. The first-order valence-corrected chi connectivity index (χ1v) is 6.21. The molecular weight excluding hydrogens is 284 g/mol. The lowest BCUT2D eigenvalue weighted by molar-refractivity contribution is 0.112. The molecule has 20 heavy (non-hydrogen) atoms. The number of H-pyrrole nitrogens is 1. The van der Waals surface area contributed by atoms with Gasteiger partial charge in [0.2, 0.25) is 0 Å². The Morgan fingerprint density at radius 1 is 1.10 bits per heavy atom. The van der Waals surface area contributed by atoms with Gasteiger partial charge in [-0.2, -0.15) is 0 Å². The van der Waals surface area contributed by atoms with E-state index in [1.54, 1.807) is 18.2 Å². The molecule has 0 aliphatic carbocycles. The maximum Gasteiger partial charge on any atom is 0.168 e. The lowest BCUT2D eigenvalue weighted by Crippen LogP contribution is -1.92. The van der Waals surface area contributed by atoms with E-state index in [4.69, 9.17) is 11.6 Å². The van der Waals surface area contributed by atoms with Crippen molar-refractivity contribution in [2.24, 2.45) is 0 Å². The van der Waals surface area contributed by atoms with E-state index < -0.39 is 11.6 Å². The van der Waals surface area contributed by atoms with Crippen molar-refractivity contribution in [1.82, 2.24) is 4.98 Å². The summed E-state index contributed by atoms with van der Waals surface area (Å²) >= 11 is 6.04. The van der Waals surface area contributed by atoms with Gasteiger partial charge >= 0.3 is 0 Å². The number of hydrogen-bond acceptors (Lipinski definition) is 1. The van der Waals surface area contributed by atoms with Gasteiger partial charge in [0.1, 0.15) is 0 Å². The van der Waals surface area contributed by atoms with E-state index >= 15 is 0 Å². The highest BCUT2D eigenvalue weighted by Gasteiger charge is 2.18. The molecule has 0 unspecified atom stereocenters. The van der Waals surface area contributed by atoms with Gasteiger partial charge in [-0.15, -0.1) is 0 Å². The minimum atomic E-state index is -1.00. The molecule has 0 bridgehead atoms. The molecule has 0 spiro atoms. The molecule has 0 aliphatic rings. The van der Waals surface area contributed by atoms with Crippen LogP contribution in [0.25, 0.3) is 22.2 Å². The highest BCUT2D eigenvalue weighted by atomic mass is 35.5. The fourth-order valence-electron chi connectivity index (χ4n) is 2.23. The molecule has 2 nitrogen and oxygen atoms in total. The van der Waals surface area contributed by atoms with E-state index in [2.05, 4.69) is 4.98 Å². The fraction of sp³-hybridized carbons (Fsp3) is 0. The van der Waals surface area contributed by atoms with Crippen LogP contribution in [0.2, 0.25) is 5.02 Å². The third kappa shape index (κ3) is 1.80. The topological polar surface area (TPSA) is 32.9 Å². The SMILES string of the molecule is O=Cc1c(-c2cccc(F)c2F)[nH]c2c(Cl)cccc12. The zero-order chi connectivity index (χ0) is 14.3. The molecule has 0 saturated heterocycles. The summed E-state index contributed by atoms with van der Waals surface area (Å²) < 4.78 is 27.2. The van der Waals surface area contributed by atoms with Crippen LogP contribution < -0.4 is 0 Å². The van der Waals surface area contributed by atoms with Crippen molar-refractivity contribution in [2.45, 2.75) is 0 Å². The Labute approximate surface area is 118 Å². The van der Waals surface area contributed by atoms with Crippen LogP contribution in [0.15, 0.2) is 36.4 Å². The van der Waals surface area contributed by atoms with Gasteiger partial charge in [-0.25, -0.2) is 8.78 Å². The number of aromatic nitrogens is 1. The molecule has 0 fully saturated rings. The van der Waals surface area contributed by atoms with Crippen molar-refractivity contribution in [1.29, 1.82) is 0 Å². The zero-order valence-electron chi connectivity index (χ0n) is 10.1. The van der Waals surface area contributed by atoms with Gasteiger partial charge in [0.05, 0.1) is 16.2 Å². The highest BCUT2D eigenvalue weighted by molar-refractivity contribution is 6.35. The lowest BCUT2D eigenvalue weighted by atomic mass is 10.1. The lowest BCUT2D eigenvalue weighted by Gasteiger charge is -2.02.